The third kappa shape index (κ3) is 2.79. The van der Waals surface area contributed by atoms with Crippen LogP contribution in [-0.2, 0) is 9.31 Å². The molecule has 0 bridgehead atoms. The van der Waals surface area contributed by atoms with Crippen LogP contribution in [-0.4, -0.2) is 18.3 Å². The molecule has 0 aliphatic carbocycles. The monoisotopic (exact) mass is 269 g/mol. The van der Waals surface area contributed by atoms with E-state index in [2.05, 4.69) is 6.07 Å². The Labute approximate surface area is 121 Å². The largest absolute Gasteiger partial charge is 0.487 e. The molecule has 3 nitrogen and oxygen atoms in total. The van der Waals surface area contributed by atoms with Crippen molar-refractivity contribution >= 4 is 12.7 Å². The quantitative estimate of drug-likeness (QED) is 0.770. The first kappa shape index (κ1) is 14.8. The second-order valence-corrected chi connectivity index (χ2v) is 6.17. The number of nitriles is 1. The zero-order chi connectivity index (χ0) is 15.0. The molecule has 1 aromatic carbocycles. The summed E-state index contributed by atoms with van der Waals surface area (Å²) in [6, 6.07) is 9.69. The first-order chi connectivity index (χ1) is 9.25. The van der Waals surface area contributed by atoms with E-state index in [9.17, 15) is 0 Å². The summed E-state index contributed by atoms with van der Waals surface area (Å²) < 4.78 is 11.9. The van der Waals surface area contributed by atoms with Gasteiger partial charge in [-0.2, -0.15) is 5.26 Å². The fraction of sp³-hybridized carbons (Fsp3) is 0.438. The van der Waals surface area contributed by atoms with Crippen LogP contribution in [0.15, 0.2) is 30.2 Å². The van der Waals surface area contributed by atoms with E-state index in [0.717, 1.165) is 11.1 Å². The van der Waals surface area contributed by atoms with Gasteiger partial charge in [-0.3, -0.25) is 0 Å². The summed E-state index contributed by atoms with van der Waals surface area (Å²) in [6.07, 6.45) is 0. The molecule has 1 aromatic rings. The van der Waals surface area contributed by atoms with E-state index < -0.39 is 0 Å². The molecule has 0 spiro atoms. The van der Waals surface area contributed by atoms with Crippen LogP contribution in [0.25, 0.3) is 5.57 Å². The van der Waals surface area contributed by atoms with Crippen molar-refractivity contribution in [2.45, 2.75) is 45.8 Å². The smallest absolute Gasteiger partial charge is 0.400 e. The molecule has 0 atom stereocenters. The summed E-state index contributed by atoms with van der Waals surface area (Å²) in [6.45, 7) is 10.1. The van der Waals surface area contributed by atoms with E-state index in [-0.39, 0.29) is 18.3 Å². The Morgan fingerprint density at radius 1 is 1.20 bits per heavy atom. The van der Waals surface area contributed by atoms with Crippen LogP contribution < -0.4 is 0 Å². The fourth-order valence-corrected chi connectivity index (χ4v) is 2.09. The van der Waals surface area contributed by atoms with Gasteiger partial charge in [0, 0.05) is 0 Å². The van der Waals surface area contributed by atoms with E-state index in [0.29, 0.717) is 5.56 Å². The van der Waals surface area contributed by atoms with Gasteiger partial charge in [-0.1, -0.05) is 23.7 Å². The Kier molecular flexibility index (Phi) is 3.77. The van der Waals surface area contributed by atoms with Crippen molar-refractivity contribution < 1.29 is 9.31 Å². The minimum atomic E-state index is -0.356. The highest BCUT2D eigenvalue weighted by molar-refractivity contribution is 6.53. The minimum Gasteiger partial charge on any atom is -0.400 e. The Morgan fingerprint density at radius 3 is 2.35 bits per heavy atom. The molecule has 1 heterocycles. The first-order valence-corrected chi connectivity index (χ1v) is 6.80. The molecule has 0 aromatic heterocycles. The topological polar surface area (TPSA) is 42.2 Å². The molecule has 104 valence electrons. The summed E-state index contributed by atoms with van der Waals surface area (Å²) in [7, 11) is -0.356. The molecule has 1 aliphatic rings. The summed E-state index contributed by atoms with van der Waals surface area (Å²) in [5.41, 5.74) is 2.05. The van der Waals surface area contributed by atoms with Crippen molar-refractivity contribution in [3.05, 3.63) is 41.4 Å². The van der Waals surface area contributed by atoms with Gasteiger partial charge in [0.1, 0.15) is 0 Å². The van der Waals surface area contributed by atoms with Crippen molar-refractivity contribution in [3.63, 3.8) is 0 Å². The van der Waals surface area contributed by atoms with E-state index in [1.54, 1.807) is 6.07 Å². The second kappa shape index (κ2) is 5.08. The first-order valence-electron chi connectivity index (χ1n) is 6.80. The van der Waals surface area contributed by atoms with Gasteiger partial charge in [-0.05, 0) is 52.3 Å². The van der Waals surface area contributed by atoms with Crippen molar-refractivity contribution in [2.24, 2.45) is 0 Å². The van der Waals surface area contributed by atoms with Gasteiger partial charge >= 0.3 is 7.12 Å². The number of allylic oxidation sites excluding steroid dienone is 1. The van der Waals surface area contributed by atoms with Crippen molar-refractivity contribution in [3.8, 4) is 6.07 Å². The molecule has 1 saturated heterocycles. The third-order valence-corrected chi connectivity index (χ3v) is 4.10. The van der Waals surface area contributed by atoms with Gasteiger partial charge in [0.25, 0.3) is 0 Å². The zero-order valence-electron chi connectivity index (χ0n) is 12.7. The average molecular weight is 269 g/mol. The fourth-order valence-electron chi connectivity index (χ4n) is 2.09. The lowest BCUT2D eigenvalue weighted by molar-refractivity contribution is 0.00578. The number of rotatable bonds is 2. The highest BCUT2D eigenvalue weighted by atomic mass is 16.7. The van der Waals surface area contributed by atoms with Gasteiger partial charge < -0.3 is 9.31 Å². The molecule has 0 saturated carbocycles. The standard InChI is InChI=1S/C16H20BNO2/c1-12(14-8-6-7-13(9-14)11-18)10-17-19-15(2,3)16(4,5)20-17/h6-10H,1-5H3/b12-10+. The molecule has 0 amide bonds. The molecule has 4 heteroatoms. The SMILES string of the molecule is C/C(=C\B1OC(C)(C)C(C)(C)O1)c1cccc(C#N)c1. The summed E-state index contributed by atoms with van der Waals surface area (Å²) in [5.74, 6) is 1.97. The Balaban J connectivity index is 2.22. The summed E-state index contributed by atoms with van der Waals surface area (Å²) >= 11 is 0. The van der Waals surface area contributed by atoms with E-state index in [4.69, 9.17) is 14.6 Å². The minimum absolute atomic E-state index is 0.330. The summed E-state index contributed by atoms with van der Waals surface area (Å²) in [4.78, 5) is 0. The highest BCUT2D eigenvalue weighted by Crippen LogP contribution is 2.37. The molecule has 1 fully saturated rings. The van der Waals surface area contributed by atoms with Crippen LogP contribution in [0.3, 0.4) is 0 Å². The van der Waals surface area contributed by atoms with Crippen molar-refractivity contribution in [2.75, 3.05) is 0 Å². The molecule has 0 radical (unpaired) electrons. The van der Waals surface area contributed by atoms with E-state index >= 15 is 0 Å². The van der Waals surface area contributed by atoms with Crippen LogP contribution in [0, 0.1) is 11.3 Å². The lowest BCUT2D eigenvalue weighted by Crippen LogP contribution is -2.41. The van der Waals surface area contributed by atoms with Crippen LogP contribution in [0.1, 0.15) is 45.7 Å². The number of hydrogen-bond acceptors (Lipinski definition) is 3. The Hall–Kier alpha value is -1.57. The number of hydrogen-bond donors (Lipinski definition) is 0. The van der Waals surface area contributed by atoms with Gasteiger partial charge in [0.15, 0.2) is 0 Å². The highest BCUT2D eigenvalue weighted by Gasteiger charge is 2.50. The second-order valence-electron chi connectivity index (χ2n) is 6.17. The van der Waals surface area contributed by atoms with E-state index in [1.165, 1.54) is 0 Å². The lowest BCUT2D eigenvalue weighted by atomic mass is 9.85. The van der Waals surface area contributed by atoms with Gasteiger partial charge in [-0.15, -0.1) is 0 Å². The van der Waals surface area contributed by atoms with Crippen LogP contribution in [0.5, 0.6) is 0 Å². The summed E-state index contributed by atoms with van der Waals surface area (Å²) in [5, 5.41) is 8.95. The Bertz CT molecular complexity index is 568. The molecule has 0 unspecified atom stereocenters. The van der Waals surface area contributed by atoms with Gasteiger partial charge in [0.2, 0.25) is 0 Å². The predicted molar refractivity (Wildman–Crippen MR) is 80.9 cm³/mol. The molecule has 1 aliphatic heterocycles. The zero-order valence-corrected chi connectivity index (χ0v) is 12.7. The number of nitrogens with zero attached hydrogens (tertiary/aromatic N) is 1. The molecule has 0 N–H and O–H groups in total. The average Bonchev–Trinajstić information content (AvgIpc) is 2.57. The van der Waals surface area contributed by atoms with Gasteiger partial charge in [-0.25, -0.2) is 0 Å². The van der Waals surface area contributed by atoms with Crippen LogP contribution in [0.2, 0.25) is 0 Å². The number of benzene rings is 1. The van der Waals surface area contributed by atoms with Crippen molar-refractivity contribution in [1.82, 2.24) is 0 Å². The maximum absolute atomic E-state index is 8.95. The van der Waals surface area contributed by atoms with Crippen LogP contribution >= 0.6 is 0 Å². The lowest BCUT2D eigenvalue weighted by Gasteiger charge is -2.32. The molecular weight excluding hydrogens is 249 g/mol. The maximum atomic E-state index is 8.95. The predicted octanol–water partition coefficient (Wildman–Crippen LogP) is 3.59. The molecular formula is C16H20BNO2. The molecule has 2 rings (SSSR count). The van der Waals surface area contributed by atoms with Crippen molar-refractivity contribution in [1.29, 1.82) is 5.26 Å². The third-order valence-electron chi connectivity index (χ3n) is 4.10. The maximum Gasteiger partial charge on any atom is 0.487 e. The van der Waals surface area contributed by atoms with E-state index in [1.807, 2.05) is 58.8 Å². The Morgan fingerprint density at radius 2 is 1.80 bits per heavy atom. The van der Waals surface area contributed by atoms with Crippen LogP contribution in [0.4, 0.5) is 0 Å². The molecule has 20 heavy (non-hydrogen) atoms. The van der Waals surface area contributed by atoms with Gasteiger partial charge in [0.05, 0.1) is 22.8 Å². The normalized spacial score (nSPS) is 20.8.